The Morgan fingerprint density at radius 3 is 1.59 bits per heavy atom. The van der Waals surface area contributed by atoms with Crippen LogP contribution in [0.15, 0.2) is 220 Å². The third-order valence-corrected chi connectivity index (χ3v) is 14.3. The van der Waals surface area contributed by atoms with Crippen LogP contribution in [-0.2, 0) is 18.3 Å². The minimum Gasteiger partial charge on any atom is -0.140 e. The molecule has 10 rings (SSSR count). The van der Waals surface area contributed by atoms with Crippen molar-refractivity contribution in [1.82, 2.24) is 0 Å². The maximum Gasteiger partial charge on any atom is 0.0713 e. The van der Waals surface area contributed by atoms with E-state index in [4.69, 9.17) is 0 Å². The van der Waals surface area contributed by atoms with Gasteiger partial charge in [-0.2, -0.15) is 0 Å². The van der Waals surface area contributed by atoms with Crippen molar-refractivity contribution in [2.75, 3.05) is 0 Å². The van der Waals surface area contributed by atoms with Gasteiger partial charge in [-0.1, -0.05) is 279 Å². The summed E-state index contributed by atoms with van der Waals surface area (Å²) in [6, 6.07) is 58.7. The summed E-state index contributed by atoms with van der Waals surface area (Å²) in [6.07, 6.45) is 16.5. The molecule has 1 heterocycles. The molecule has 0 radical (unpaired) electrons. The average molecular weight is 980 g/mol. The lowest BCUT2D eigenvalue weighted by Crippen LogP contribution is -2.28. The van der Waals surface area contributed by atoms with Crippen LogP contribution in [-0.4, -0.2) is 0 Å². The summed E-state index contributed by atoms with van der Waals surface area (Å²) in [4.78, 5) is 1.58. The Hall–Kier alpha value is -7.06. The molecule has 376 valence electrons. The Balaban J connectivity index is 0.000000226. The number of hydrogen-bond acceptors (Lipinski definition) is 1. The summed E-state index contributed by atoms with van der Waals surface area (Å²) in [5.74, 6) is 0. The van der Waals surface area contributed by atoms with Crippen molar-refractivity contribution in [1.29, 1.82) is 0 Å². The second kappa shape index (κ2) is 30.1. The molecule has 0 N–H and O–H groups in total. The highest BCUT2D eigenvalue weighted by atomic mass is 32.1. The van der Waals surface area contributed by atoms with Crippen LogP contribution in [0.1, 0.15) is 133 Å². The third-order valence-electron chi connectivity index (χ3n) is 13.0. The van der Waals surface area contributed by atoms with E-state index in [-0.39, 0.29) is 5.41 Å². The van der Waals surface area contributed by atoms with Crippen molar-refractivity contribution in [3.8, 4) is 11.1 Å². The van der Waals surface area contributed by atoms with Gasteiger partial charge in [0.05, 0.1) is 5.41 Å². The number of thiophene rings is 1. The quantitative estimate of drug-likeness (QED) is 0.133. The van der Waals surface area contributed by atoms with E-state index >= 15 is 0 Å². The largest absolute Gasteiger partial charge is 0.140 e. The number of allylic oxidation sites excluding steroid dienone is 6. The van der Waals surface area contributed by atoms with E-state index in [1.807, 2.05) is 81.5 Å². The Labute approximate surface area is 446 Å². The van der Waals surface area contributed by atoms with Crippen LogP contribution < -0.4 is 0 Å². The molecule has 2 aliphatic rings. The van der Waals surface area contributed by atoms with Crippen LogP contribution in [0, 0.1) is 27.7 Å². The topological polar surface area (TPSA) is 0 Å². The van der Waals surface area contributed by atoms with Gasteiger partial charge in [-0.15, -0.1) is 11.3 Å². The lowest BCUT2D eigenvalue weighted by atomic mass is 9.67. The molecular weight excluding hydrogens is 897 g/mol. The molecule has 2 aliphatic carbocycles. The first-order valence-electron chi connectivity index (χ1n) is 26.4. The normalized spacial score (nSPS) is 12.0. The Morgan fingerprint density at radius 1 is 0.562 bits per heavy atom. The molecule has 73 heavy (non-hydrogen) atoms. The van der Waals surface area contributed by atoms with E-state index in [9.17, 15) is 0 Å². The van der Waals surface area contributed by atoms with E-state index < -0.39 is 0 Å². The van der Waals surface area contributed by atoms with Crippen molar-refractivity contribution < 1.29 is 0 Å². The van der Waals surface area contributed by atoms with Gasteiger partial charge in [0, 0.05) is 15.0 Å². The zero-order valence-corrected chi connectivity index (χ0v) is 46.9. The summed E-state index contributed by atoms with van der Waals surface area (Å²) in [6.45, 7) is 38.6. The molecule has 0 spiro atoms. The fraction of sp³-hybridized carbons (Fsp3) is 0.222. The first kappa shape index (κ1) is 58.5. The van der Waals surface area contributed by atoms with Gasteiger partial charge in [0.2, 0.25) is 0 Å². The molecule has 0 nitrogen and oxygen atoms in total. The highest BCUT2D eigenvalue weighted by Crippen LogP contribution is 2.58. The van der Waals surface area contributed by atoms with Crippen LogP contribution in [0.3, 0.4) is 0 Å². The van der Waals surface area contributed by atoms with E-state index in [1.165, 1.54) is 106 Å². The fourth-order valence-corrected chi connectivity index (χ4v) is 10.8. The van der Waals surface area contributed by atoms with Crippen LogP contribution in [0.2, 0.25) is 0 Å². The maximum atomic E-state index is 4.19. The minimum absolute atomic E-state index is 0.374. The smallest absolute Gasteiger partial charge is 0.0713 e. The SMILES string of the molecule is C=C/C=C(\C=C)CC.C=Cc1c(C)cc2c(c1C=C)-c1ccc(C)cc1C2(c1ccccc1)c1ccccc1.CC.CC.CC1=CCCc2sc3ccccc3c21.CCc1ccc(C)cc1.Cc1ccccc1. The van der Waals surface area contributed by atoms with Crippen LogP contribution >= 0.6 is 11.3 Å². The highest BCUT2D eigenvalue weighted by molar-refractivity contribution is 7.19. The van der Waals surface area contributed by atoms with Gasteiger partial charge in [0.15, 0.2) is 0 Å². The fourth-order valence-electron chi connectivity index (χ4n) is 9.49. The van der Waals surface area contributed by atoms with E-state index in [1.54, 1.807) is 11.0 Å². The number of benzene rings is 7. The number of aryl methyl sites for hydroxylation is 6. The predicted molar refractivity (Wildman–Crippen MR) is 330 cm³/mol. The van der Waals surface area contributed by atoms with E-state index in [2.05, 4.69) is 226 Å². The van der Waals surface area contributed by atoms with E-state index in [0.717, 1.165) is 18.4 Å². The number of fused-ring (bicyclic) bond motifs is 6. The average Bonchev–Trinajstić information content (AvgIpc) is 3.96. The zero-order chi connectivity index (χ0) is 53.3. The van der Waals surface area contributed by atoms with Gasteiger partial charge in [-0.3, -0.25) is 0 Å². The summed E-state index contributed by atoms with van der Waals surface area (Å²) in [5, 5.41) is 1.45. The van der Waals surface area contributed by atoms with Crippen LogP contribution in [0.5, 0.6) is 0 Å². The first-order valence-corrected chi connectivity index (χ1v) is 27.2. The number of hydrogen-bond donors (Lipinski definition) is 0. The monoisotopic (exact) mass is 979 g/mol. The molecule has 0 saturated heterocycles. The van der Waals surface area contributed by atoms with Crippen LogP contribution in [0.25, 0.3) is 38.9 Å². The minimum atomic E-state index is -0.374. The van der Waals surface area contributed by atoms with Crippen molar-refractivity contribution in [3.05, 3.63) is 292 Å². The van der Waals surface area contributed by atoms with Crippen LogP contribution in [0.4, 0.5) is 0 Å². The molecule has 0 unspecified atom stereocenters. The molecule has 0 amide bonds. The lowest BCUT2D eigenvalue weighted by molar-refractivity contribution is 0.766. The molecule has 1 heteroatoms. The number of rotatable bonds is 8. The molecule has 0 fully saturated rings. The standard InChI is InChI=1S/C31H26.C13H12S.C9H12.C8H12.C7H8.2C2H6/c1-5-25-22(4)20-29-30(26(25)6-2)27-18-17-21(3)19-28(27)31(29,23-13-9-7-10-14-23)24-15-11-8-12-16-24;1-9-5-4-8-12-13(9)10-6-2-3-7-11(10)14-12;1-3-9-6-4-8(2)5-7-9;1-4-7-8(5-2)6-3;1-7-5-3-2-4-6-7;2*1-2/h5-20H,1-2H2,3-4H3;2-3,5-7H,4,8H2,1H3;4-7H,3H2,1-2H3;4-5,7H,1-2,6H2,3H3;2-6H,1H3;2*1-2H3/b;;;8-7+;;;. The Bertz CT molecular complexity index is 3000. The van der Waals surface area contributed by atoms with Gasteiger partial charge >= 0.3 is 0 Å². The molecular formula is C72H82S. The summed E-state index contributed by atoms with van der Waals surface area (Å²) in [7, 11) is 0. The molecule has 0 aliphatic heterocycles. The van der Waals surface area contributed by atoms with Crippen molar-refractivity contribution in [3.63, 3.8) is 0 Å². The maximum absolute atomic E-state index is 4.19. The van der Waals surface area contributed by atoms with Gasteiger partial charge in [0.1, 0.15) is 0 Å². The van der Waals surface area contributed by atoms with Gasteiger partial charge in [-0.05, 0) is 139 Å². The summed E-state index contributed by atoms with van der Waals surface area (Å²) >= 11 is 1.96. The highest BCUT2D eigenvalue weighted by Gasteiger charge is 2.47. The van der Waals surface area contributed by atoms with E-state index in [0.29, 0.717) is 0 Å². The molecule has 7 aromatic carbocycles. The Kier molecular flexibility index (Phi) is 24.1. The lowest BCUT2D eigenvalue weighted by Gasteiger charge is -2.34. The van der Waals surface area contributed by atoms with Crippen molar-refractivity contribution in [2.24, 2.45) is 0 Å². The molecule has 0 bridgehead atoms. The van der Waals surface area contributed by atoms with Crippen molar-refractivity contribution >= 4 is 39.1 Å². The van der Waals surface area contributed by atoms with Gasteiger partial charge in [0.25, 0.3) is 0 Å². The zero-order valence-electron chi connectivity index (χ0n) is 46.1. The van der Waals surface area contributed by atoms with Gasteiger partial charge < -0.3 is 0 Å². The molecule has 8 aromatic rings. The van der Waals surface area contributed by atoms with Crippen molar-refractivity contribution in [2.45, 2.75) is 107 Å². The molecule has 0 saturated carbocycles. The predicted octanol–water partition coefficient (Wildman–Crippen LogP) is 21.5. The second-order valence-electron chi connectivity index (χ2n) is 17.7. The first-order chi connectivity index (χ1) is 35.5. The summed E-state index contributed by atoms with van der Waals surface area (Å²) in [5.41, 5.74) is 20.5. The Morgan fingerprint density at radius 2 is 1.10 bits per heavy atom. The van der Waals surface area contributed by atoms with Gasteiger partial charge in [-0.25, -0.2) is 0 Å². The second-order valence-corrected chi connectivity index (χ2v) is 18.9. The molecule has 1 aromatic heterocycles. The molecule has 0 atom stereocenters. The summed E-state index contributed by atoms with van der Waals surface area (Å²) < 4.78 is 1.44. The third kappa shape index (κ3) is 14.3.